The van der Waals surface area contributed by atoms with Crippen LogP contribution in [0.3, 0.4) is 0 Å². The molecule has 0 spiro atoms. The minimum Gasteiger partial charge on any atom is -0.366 e. The van der Waals surface area contributed by atoms with E-state index in [0.29, 0.717) is 10.8 Å². The van der Waals surface area contributed by atoms with Crippen molar-refractivity contribution in [3.8, 4) is 0 Å². The first kappa shape index (κ1) is 21.3. The third kappa shape index (κ3) is 9.98. The van der Waals surface area contributed by atoms with Crippen LogP contribution in [-0.2, 0) is 0 Å². The van der Waals surface area contributed by atoms with Crippen molar-refractivity contribution in [2.24, 2.45) is 5.73 Å². The van der Waals surface area contributed by atoms with E-state index in [-0.39, 0.29) is 5.91 Å². The van der Waals surface area contributed by atoms with Crippen molar-refractivity contribution in [1.82, 2.24) is 0 Å². The average Bonchev–Trinajstić information content (AvgIpc) is 2.53. The summed E-state index contributed by atoms with van der Waals surface area (Å²) in [7, 11) is 0. The fourth-order valence-electron chi connectivity index (χ4n) is 2.47. The van der Waals surface area contributed by atoms with Crippen LogP contribution >= 0.6 is 11.8 Å². The fraction of sp³-hybridized carbons (Fsp3) is 0.409. The highest BCUT2D eigenvalue weighted by molar-refractivity contribution is 8.00. The monoisotopic (exact) mass is 357 g/mol. The highest BCUT2D eigenvalue weighted by atomic mass is 32.2. The largest absolute Gasteiger partial charge is 0.366 e. The van der Waals surface area contributed by atoms with Gasteiger partial charge in [0.05, 0.1) is 0 Å². The quantitative estimate of drug-likeness (QED) is 0.303. The topological polar surface area (TPSA) is 43.1 Å². The zero-order chi connectivity index (χ0) is 18.7. The molecule has 2 nitrogen and oxygen atoms in total. The number of carbonyl (C=O) groups excluding carboxylic acids is 1. The van der Waals surface area contributed by atoms with Gasteiger partial charge in [0.1, 0.15) is 0 Å². The zero-order valence-corrected chi connectivity index (χ0v) is 16.7. The molecule has 0 heterocycles. The standard InChI is InChI=1S/C22H31NOS/c1-17(2)11-8-6-5-7-9-12-18(3)15-19(4)25-21-14-10-13-20(16-21)22(23)24/h5,7,10-11,13-16,19H,6,8-9,12H2,1-4H3,(H2,23,24)/b7-5+,18-15+. The van der Waals surface area contributed by atoms with Gasteiger partial charge in [-0.25, -0.2) is 0 Å². The Labute approximate surface area is 157 Å². The Morgan fingerprint density at radius 1 is 1.16 bits per heavy atom. The van der Waals surface area contributed by atoms with E-state index in [0.717, 1.165) is 30.6 Å². The lowest BCUT2D eigenvalue weighted by molar-refractivity contribution is 0.1000. The lowest BCUT2D eigenvalue weighted by Crippen LogP contribution is -2.10. The maximum Gasteiger partial charge on any atom is 0.248 e. The van der Waals surface area contributed by atoms with Crippen molar-refractivity contribution in [3.63, 3.8) is 0 Å². The van der Waals surface area contributed by atoms with Crippen LogP contribution < -0.4 is 5.73 Å². The van der Waals surface area contributed by atoms with Gasteiger partial charge in [-0.1, -0.05) is 41.5 Å². The van der Waals surface area contributed by atoms with E-state index in [4.69, 9.17) is 5.73 Å². The molecule has 25 heavy (non-hydrogen) atoms. The summed E-state index contributed by atoms with van der Waals surface area (Å²) in [5, 5.41) is 0.366. The zero-order valence-electron chi connectivity index (χ0n) is 15.9. The molecule has 0 aliphatic carbocycles. The summed E-state index contributed by atoms with van der Waals surface area (Å²) in [6.45, 7) is 8.65. The number of hydrogen-bond donors (Lipinski definition) is 1. The number of thioether (sulfide) groups is 1. The average molecular weight is 358 g/mol. The number of nitrogens with two attached hydrogens (primary N) is 1. The van der Waals surface area contributed by atoms with Crippen molar-refractivity contribution in [3.05, 3.63) is 65.3 Å². The molecule has 136 valence electrons. The highest BCUT2D eigenvalue weighted by Crippen LogP contribution is 2.26. The summed E-state index contributed by atoms with van der Waals surface area (Å²) >= 11 is 1.75. The van der Waals surface area contributed by atoms with E-state index in [9.17, 15) is 4.79 Å². The maximum atomic E-state index is 11.3. The third-order valence-corrected chi connectivity index (χ3v) is 4.75. The second kappa shape index (κ2) is 11.8. The van der Waals surface area contributed by atoms with Crippen LogP contribution in [0, 0.1) is 0 Å². The Morgan fingerprint density at radius 3 is 2.56 bits per heavy atom. The molecular weight excluding hydrogens is 326 g/mol. The number of carbonyl (C=O) groups is 1. The van der Waals surface area contributed by atoms with Crippen LogP contribution in [0.15, 0.2) is 64.6 Å². The van der Waals surface area contributed by atoms with Gasteiger partial charge in [-0.05, 0) is 71.6 Å². The number of benzene rings is 1. The van der Waals surface area contributed by atoms with Crippen molar-refractivity contribution in [1.29, 1.82) is 0 Å². The molecule has 1 rings (SSSR count). The second-order valence-corrected chi connectivity index (χ2v) is 8.05. The molecule has 1 aromatic rings. The summed E-state index contributed by atoms with van der Waals surface area (Å²) in [5.74, 6) is -0.377. The van der Waals surface area contributed by atoms with Gasteiger partial charge >= 0.3 is 0 Å². The SMILES string of the molecule is CC(C)=CCC/C=C/CC/C(C)=C/C(C)Sc1cccc(C(N)=O)c1. The molecular formula is C22H31NOS. The van der Waals surface area contributed by atoms with Crippen LogP contribution in [0.1, 0.15) is 63.7 Å². The first-order valence-corrected chi connectivity index (χ1v) is 9.78. The van der Waals surface area contributed by atoms with E-state index in [1.807, 2.05) is 18.2 Å². The molecule has 1 amide bonds. The van der Waals surface area contributed by atoms with E-state index in [1.54, 1.807) is 17.8 Å². The van der Waals surface area contributed by atoms with Gasteiger partial charge in [0.15, 0.2) is 0 Å². The molecule has 0 aliphatic heterocycles. The molecule has 0 radical (unpaired) electrons. The molecule has 1 aromatic carbocycles. The molecule has 2 N–H and O–H groups in total. The van der Waals surface area contributed by atoms with Crippen molar-refractivity contribution < 1.29 is 4.79 Å². The lowest BCUT2D eigenvalue weighted by atomic mass is 10.1. The van der Waals surface area contributed by atoms with Crippen molar-refractivity contribution >= 4 is 17.7 Å². The molecule has 0 aromatic heterocycles. The molecule has 1 unspecified atom stereocenters. The molecule has 3 heteroatoms. The van der Waals surface area contributed by atoms with Crippen LogP contribution in [-0.4, -0.2) is 11.2 Å². The van der Waals surface area contributed by atoms with Crippen LogP contribution in [0.25, 0.3) is 0 Å². The van der Waals surface area contributed by atoms with Crippen molar-refractivity contribution in [2.75, 3.05) is 0 Å². The number of primary amides is 1. The van der Waals surface area contributed by atoms with E-state index < -0.39 is 0 Å². The van der Waals surface area contributed by atoms with Gasteiger partial charge in [0.2, 0.25) is 5.91 Å². The minimum atomic E-state index is -0.377. The highest BCUT2D eigenvalue weighted by Gasteiger charge is 2.05. The number of rotatable bonds is 10. The molecule has 0 saturated carbocycles. The van der Waals surface area contributed by atoms with E-state index in [2.05, 4.69) is 52.0 Å². The van der Waals surface area contributed by atoms with Gasteiger partial charge in [-0.2, -0.15) is 0 Å². The second-order valence-electron chi connectivity index (χ2n) is 6.60. The molecule has 0 saturated heterocycles. The molecule has 0 bridgehead atoms. The Morgan fingerprint density at radius 2 is 1.88 bits per heavy atom. The number of unbranched alkanes of at least 4 members (excludes halogenated alkanes) is 1. The third-order valence-electron chi connectivity index (χ3n) is 3.72. The van der Waals surface area contributed by atoms with Gasteiger partial charge in [0, 0.05) is 15.7 Å². The predicted octanol–water partition coefficient (Wildman–Crippen LogP) is 6.30. The summed E-state index contributed by atoms with van der Waals surface area (Å²) in [6, 6.07) is 7.52. The summed E-state index contributed by atoms with van der Waals surface area (Å²) in [5.41, 5.74) is 8.70. The van der Waals surface area contributed by atoms with E-state index >= 15 is 0 Å². The summed E-state index contributed by atoms with van der Waals surface area (Å²) in [6.07, 6.45) is 13.6. The predicted molar refractivity (Wildman–Crippen MR) is 111 cm³/mol. The lowest BCUT2D eigenvalue weighted by Gasteiger charge is -2.09. The first-order chi connectivity index (χ1) is 11.9. The van der Waals surface area contributed by atoms with E-state index in [1.165, 1.54) is 11.1 Å². The van der Waals surface area contributed by atoms with Crippen molar-refractivity contribution in [2.45, 2.75) is 63.5 Å². The number of hydrogen-bond acceptors (Lipinski definition) is 2. The summed E-state index contributed by atoms with van der Waals surface area (Å²) < 4.78 is 0. The van der Waals surface area contributed by atoms with Gasteiger partial charge in [-0.3, -0.25) is 4.79 Å². The van der Waals surface area contributed by atoms with Crippen LogP contribution in [0.4, 0.5) is 0 Å². The Kier molecular flexibility index (Phi) is 10.0. The molecule has 0 fully saturated rings. The fourth-order valence-corrected chi connectivity index (χ4v) is 3.55. The number of allylic oxidation sites excluding steroid dienone is 5. The molecule has 1 atom stereocenters. The van der Waals surface area contributed by atoms with Crippen LogP contribution in [0.2, 0.25) is 0 Å². The Bertz CT molecular complexity index is 639. The molecule has 0 aliphatic rings. The first-order valence-electron chi connectivity index (χ1n) is 8.90. The van der Waals surface area contributed by atoms with Gasteiger partial charge in [-0.15, -0.1) is 11.8 Å². The maximum absolute atomic E-state index is 11.3. The van der Waals surface area contributed by atoms with Gasteiger partial charge in [0.25, 0.3) is 0 Å². The smallest absolute Gasteiger partial charge is 0.248 e. The van der Waals surface area contributed by atoms with Gasteiger partial charge < -0.3 is 5.73 Å². The minimum absolute atomic E-state index is 0.366. The number of amides is 1. The normalized spacial score (nSPS) is 13.0. The Balaban J connectivity index is 2.40. The Hall–Kier alpha value is -1.74. The summed E-state index contributed by atoms with van der Waals surface area (Å²) in [4.78, 5) is 12.3. The van der Waals surface area contributed by atoms with Crippen LogP contribution in [0.5, 0.6) is 0 Å².